The monoisotopic (exact) mass is 409 g/mol. The summed E-state index contributed by atoms with van der Waals surface area (Å²) in [7, 11) is 0. The zero-order valence-corrected chi connectivity index (χ0v) is 16.6. The van der Waals surface area contributed by atoms with E-state index in [4.69, 9.17) is 4.42 Å². The number of amides is 1. The van der Waals surface area contributed by atoms with Gasteiger partial charge in [0.15, 0.2) is 0 Å². The third kappa shape index (κ3) is 3.96. The molecule has 0 saturated heterocycles. The van der Waals surface area contributed by atoms with Gasteiger partial charge < -0.3 is 14.7 Å². The first kappa shape index (κ1) is 18.8. The van der Waals surface area contributed by atoms with E-state index in [-0.39, 0.29) is 5.56 Å². The van der Waals surface area contributed by atoms with Crippen LogP contribution >= 0.6 is 0 Å². The zero-order valence-electron chi connectivity index (χ0n) is 16.6. The third-order valence-electron chi connectivity index (χ3n) is 5.17. The molecule has 0 bridgehead atoms. The number of para-hydroxylation sites is 1. The molecule has 0 aliphatic carbocycles. The highest BCUT2D eigenvalue weighted by molar-refractivity contribution is 6.06. The fourth-order valence-corrected chi connectivity index (χ4v) is 3.58. The average molecular weight is 409 g/mol. The molecule has 2 heterocycles. The summed E-state index contributed by atoms with van der Waals surface area (Å²) < 4.78 is 5.26. The third-order valence-corrected chi connectivity index (χ3v) is 5.17. The molecule has 152 valence electrons. The largest absolute Gasteiger partial charge is 0.422 e. The highest BCUT2D eigenvalue weighted by atomic mass is 16.4. The number of aromatic amines is 1. The molecule has 3 aromatic carbocycles. The van der Waals surface area contributed by atoms with Crippen LogP contribution in [-0.4, -0.2) is 15.9 Å². The van der Waals surface area contributed by atoms with E-state index in [1.165, 1.54) is 5.56 Å². The number of aryl methyl sites for hydroxylation is 2. The standard InChI is InChI=1S/C25H19N3O3/c29-24(19-14-17-8-4-5-9-22(17)31-25(19)30)26-18-11-12-20-21(15-18)28-23(27-20)13-10-16-6-2-1-3-7-16/h1-9,11-12,14-15H,10,13H2,(H,26,29)(H,27,28). The van der Waals surface area contributed by atoms with Gasteiger partial charge in [-0.15, -0.1) is 0 Å². The van der Waals surface area contributed by atoms with Gasteiger partial charge in [-0.2, -0.15) is 0 Å². The minimum absolute atomic E-state index is 0.0352. The summed E-state index contributed by atoms with van der Waals surface area (Å²) in [4.78, 5) is 32.8. The molecular weight excluding hydrogens is 390 g/mol. The van der Waals surface area contributed by atoms with E-state index in [2.05, 4.69) is 27.4 Å². The van der Waals surface area contributed by atoms with Gasteiger partial charge in [-0.25, -0.2) is 9.78 Å². The molecule has 0 aliphatic heterocycles. The normalized spacial score (nSPS) is 11.1. The number of aromatic nitrogens is 2. The summed E-state index contributed by atoms with van der Waals surface area (Å²) in [6, 6.07) is 24.3. The number of H-pyrrole nitrogens is 1. The molecule has 2 aromatic heterocycles. The van der Waals surface area contributed by atoms with Crippen LogP contribution in [0, 0.1) is 0 Å². The molecule has 0 unspecified atom stereocenters. The number of anilines is 1. The molecule has 2 N–H and O–H groups in total. The fraction of sp³-hybridized carbons (Fsp3) is 0.0800. The number of nitrogens with zero attached hydrogens (tertiary/aromatic N) is 1. The Balaban J connectivity index is 1.35. The van der Waals surface area contributed by atoms with Crippen molar-refractivity contribution in [3.8, 4) is 0 Å². The molecule has 0 fully saturated rings. The molecule has 0 radical (unpaired) electrons. The van der Waals surface area contributed by atoms with Crippen LogP contribution in [-0.2, 0) is 12.8 Å². The van der Waals surface area contributed by atoms with Gasteiger partial charge in [-0.3, -0.25) is 4.79 Å². The SMILES string of the molecule is O=C(Nc1ccc2nc(CCc3ccccc3)[nH]c2c1)c1cc2ccccc2oc1=O. The van der Waals surface area contributed by atoms with Crippen molar-refractivity contribution in [2.45, 2.75) is 12.8 Å². The maximum atomic E-state index is 12.7. The van der Waals surface area contributed by atoms with Crippen LogP contribution in [0.5, 0.6) is 0 Å². The first-order valence-electron chi connectivity index (χ1n) is 10.0. The summed E-state index contributed by atoms with van der Waals surface area (Å²) in [5.74, 6) is 0.375. The Bertz CT molecular complexity index is 1450. The first-order chi connectivity index (χ1) is 15.2. The van der Waals surface area contributed by atoms with Crippen LogP contribution in [0.3, 0.4) is 0 Å². The Hall–Kier alpha value is -4.19. The van der Waals surface area contributed by atoms with Crippen molar-refractivity contribution in [2.75, 3.05) is 5.32 Å². The maximum Gasteiger partial charge on any atom is 0.349 e. The van der Waals surface area contributed by atoms with E-state index in [9.17, 15) is 9.59 Å². The quantitative estimate of drug-likeness (QED) is 0.412. The van der Waals surface area contributed by atoms with Gasteiger partial charge in [0.2, 0.25) is 0 Å². The molecule has 0 aliphatic rings. The Morgan fingerprint density at radius 2 is 1.74 bits per heavy atom. The van der Waals surface area contributed by atoms with Crippen LogP contribution in [0.1, 0.15) is 21.7 Å². The number of hydrogen-bond donors (Lipinski definition) is 2. The molecule has 0 saturated carbocycles. The van der Waals surface area contributed by atoms with E-state index in [0.29, 0.717) is 16.7 Å². The Kier molecular flexibility index (Phi) is 4.80. The zero-order chi connectivity index (χ0) is 21.2. The Labute approximate surface area is 177 Å². The van der Waals surface area contributed by atoms with E-state index in [0.717, 1.165) is 29.7 Å². The van der Waals surface area contributed by atoms with Gasteiger partial charge in [0.25, 0.3) is 5.91 Å². The summed E-state index contributed by atoms with van der Waals surface area (Å²) >= 11 is 0. The lowest BCUT2D eigenvalue weighted by Crippen LogP contribution is -2.20. The van der Waals surface area contributed by atoms with Crippen molar-refractivity contribution in [3.05, 3.63) is 106 Å². The highest BCUT2D eigenvalue weighted by Gasteiger charge is 2.14. The molecule has 1 amide bonds. The predicted molar refractivity (Wildman–Crippen MR) is 120 cm³/mol. The summed E-state index contributed by atoms with van der Waals surface area (Å²) in [6.07, 6.45) is 1.68. The van der Waals surface area contributed by atoms with Crippen LogP contribution < -0.4 is 10.9 Å². The lowest BCUT2D eigenvalue weighted by Gasteiger charge is -2.05. The topological polar surface area (TPSA) is 88.0 Å². The van der Waals surface area contributed by atoms with Crippen molar-refractivity contribution < 1.29 is 9.21 Å². The summed E-state index contributed by atoms with van der Waals surface area (Å²) in [5.41, 5.74) is 3.23. The Morgan fingerprint density at radius 3 is 2.61 bits per heavy atom. The predicted octanol–water partition coefficient (Wildman–Crippen LogP) is 4.71. The number of fused-ring (bicyclic) bond motifs is 2. The number of hydrogen-bond acceptors (Lipinski definition) is 4. The molecule has 0 spiro atoms. The average Bonchev–Trinajstić information content (AvgIpc) is 3.20. The second-order valence-corrected chi connectivity index (χ2v) is 7.34. The second kappa shape index (κ2) is 7.91. The van der Waals surface area contributed by atoms with Crippen molar-refractivity contribution in [1.29, 1.82) is 0 Å². The minimum Gasteiger partial charge on any atom is -0.422 e. The van der Waals surface area contributed by atoms with Crippen LogP contribution in [0.25, 0.3) is 22.0 Å². The molecule has 6 nitrogen and oxygen atoms in total. The van der Waals surface area contributed by atoms with Crippen LogP contribution in [0.4, 0.5) is 5.69 Å². The minimum atomic E-state index is -0.665. The first-order valence-corrected chi connectivity index (χ1v) is 10.0. The van der Waals surface area contributed by atoms with Crippen molar-refractivity contribution >= 4 is 33.6 Å². The molecule has 6 heteroatoms. The lowest BCUT2D eigenvalue weighted by atomic mass is 10.1. The van der Waals surface area contributed by atoms with Crippen molar-refractivity contribution in [3.63, 3.8) is 0 Å². The fourth-order valence-electron chi connectivity index (χ4n) is 3.58. The molecule has 5 rings (SSSR count). The number of nitrogens with one attached hydrogen (secondary N) is 2. The van der Waals surface area contributed by atoms with E-state index < -0.39 is 11.5 Å². The number of imidazole rings is 1. The van der Waals surface area contributed by atoms with E-state index >= 15 is 0 Å². The smallest absolute Gasteiger partial charge is 0.349 e. The van der Waals surface area contributed by atoms with Gasteiger partial charge in [-0.1, -0.05) is 48.5 Å². The molecule has 31 heavy (non-hydrogen) atoms. The van der Waals surface area contributed by atoms with Gasteiger partial charge >= 0.3 is 5.63 Å². The van der Waals surface area contributed by atoms with E-state index in [1.54, 1.807) is 30.3 Å². The summed E-state index contributed by atoms with van der Waals surface area (Å²) in [5, 5.41) is 3.47. The van der Waals surface area contributed by atoms with Gasteiger partial charge in [0.1, 0.15) is 17.0 Å². The van der Waals surface area contributed by atoms with Gasteiger partial charge in [0.05, 0.1) is 11.0 Å². The van der Waals surface area contributed by atoms with Gasteiger partial charge in [-0.05, 0) is 42.3 Å². The molecule has 0 atom stereocenters. The van der Waals surface area contributed by atoms with Crippen molar-refractivity contribution in [2.24, 2.45) is 0 Å². The van der Waals surface area contributed by atoms with Crippen LogP contribution in [0.2, 0.25) is 0 Å². The number of carbonyl (C=O) groups is 1. The van der Waals surface area contributed by atoms with Crippen molar-refractivity contribution in [1.82, 2.24) is 9.97 Å². The second-order valence-electron chi connectivity index (χ2n) is 7.34. The van der Waals surface area contributed by atoms with E-state index in [1.807, 2.05) is 36.4 Å². The van der Waals surface area contributed by atoms with Gasteiger partial charge in [0, 0.05) is 17.5 Å². The lowest BCUT2D eigenvalue weighted by molar-refractivity contribution is 0.102. The summed E-state index contributed by atoms with van der Waals surface area (Å²) in [6.45, 7) is 0. The number of benzene rings is 3. The van der Waals surface area contributed by atoms with Crippen LogP contribution in [0.15, 0.2) is 88.1 Å². The maximum absolute atomic E-state index is 12.7. The Morgan fingerprint density at radius 1 is 0.935 bits per heavy atom. The highest BCUT2D eigenvalue weighted by Crippen LogP contribution is 2.19. The molecule has 5 aromatic rings. The number of rotatable bonds is 5. The number of carbonyl (C=O) groups excluding carboxylic acids is 1. The molecular formula is C25H19N3O3.